The lowest BCUT2D eigenvalue weighted by Gasteiger charge is -2.25. The summed E-state index contributed by atoms with van der Waals surface area (Å²) in [5.74, 6) is 0.269. The number of benzene rings is 2. The number of halogens is 2. The Kier molecular flexibility index (Phi) is 3.30. The van der Waals surface area contributed by atoms with Crippen molar-refractivity contribution in [2.45, 2.75) is 18.4 Å². The highest BCUT2D eigenvalue weighted by Crippen LogP contribution is 2.44. The van der Waals surface area contributed by atoms with E-state index in [-0.39, 0.29) is 0 Å². The molecule has 2 aromatic rings. The first-order chi connectivity index (χ1) is 9.54. The Bertz CT molecular complexity index is 672. The fourth-order valence-electron chi connectivity index (χ4n) is 2.83. The molecule has 0 amide bonds. The van der Waals surface area contributed by atoms with Crippen LogP contribution in [0.1, 0.15) is 23.1 Å². The summed E-state index contributed by atoms with van der Waals surface area (Å²) < 4.78 is 20.1. The largest absolute Gasteiger partial charge is 0.497 e. The minimum atomic E-state index is -1.29. The lowest BCUT2D eigenvalue weighted by molar-refractivity contribution is 0.0786. The molecule has 4 heteroatoms. The molecule has 1 atom stereocenters. The molecule has 0 saturated heterocycles. The molecule has 20 heavy (non-hydrogen) atoms. The predicted molar refractivity (Wildman–Crippen MR) is 78.4 cm³/mol. The van der Waals surface area contributed by atoms with Gasteiger partial charge in [0.25, 0.3) is 0 Å². The first-order valence-electron chi connectivity index (χ1n) is 6.40. The Hall–Kier alpha value is -1.39. The molecule has 2 nitrogen and oxygen atoms in total. The fraction of sp³-hybridized carbons (Fsp3) is 0.250. The van der Waals surface area contributed by atoms with Crippen LogP contribution in [0, 0.1) is 5.82 Å². The van der Waals surface area contributed by atoms with Gasteiger partial charge in [-0.05, 0) is 54.3 Å². The molecule has 0 heterocycles. The topological polar surface area (TPSA) is 29.5 Å². The highest BCUT2D eigenvalue weighted by Gasteiger charge is 2.40. The van der Waals surface area contributed by atoms with Crippen molar-refractivity contribution in [1.82, 2.24) is 0 Å². The van der Waals surface area contributed by atoms with Crippen LogP contribution < -0.4 is 4.74 Å². The Labute approximate surface area is 125 Å². The molecule has 0 aromatic heterocycles. The highest BCUT2D eigenvalue weighted by atomic mass is 79.9. The first kappa shape index (κ1) is 13.6. The molecule has 0 spiro atoms. The van der Waals surface area contributed by atoms with Crippen molar-refractivity contribution in [3.63, 3.8) is 0 Å². The van der Waals surface area contributed by atoms with Crippen molar-refractivity contribution >= 4 is 15.9 Å². The van der Waals surface area contributed by atoms with E-state index in [1.54, 1.807) is 25.3 Å². The second-order valence-electron chi connectivity index (χ2n) is 5.01. The van der Waals surface area contributed by atoms with Crippen LogP contribution in [0.3, 0.4) is 0 Å². The maximum absolute atomic E-state index is 14.1. The van der Waals surface area contributed by atoms with Gasteiger partial charge in [-0.3, -0.25) is 0 Å². The zero-order valence-electron chi connectivity index (χ0n) is 11.0. The van der Waals surface area contributed by atoms with E-state index in [1.165, 1.54) is 6.07 Å². The number of fused-ring (bicyclic) bond motifs is 1. The standard InChI is InChI=1S/C16H14BrFO2/c1-20-12-4-2-10-6-7-16(19,13(10)9-12)14-8-11(17)3-5-15(14)18/h2-5,8-9,19H,6-7H2,1H3. The van der Waals surface area contributed by atoms with Crippen LogP contribution in [0.15, 0.2) is 40.9 Å². The zero-order valence-corrected chi connectivity index (χ0v) is 12.6. The average molecular weight is 337 g/mol. The predicted octanol–water partition coefficient (Wildman–Crippen LogP) is 3.78. The maximum atomic E-state index is 14.1. The number of ether oxygens (including phenoxy) is 1. The van der Waals surface area contributed by atoms with Crippen LogP contribution in [0.5, 0.6) is 5.75 Å². The molecular weight excluding hydrogens is 323 g/mol. The maximum Gasteiger partial charge on any atom is 0.129 e. The summed E-state index contributed by atoms with van der Waals surface area (Å²) in [5.41, 5.74) is 0.776. The van der Waals surface area contributed by atoms with Gasteiger partial charge in [0.15, 0.2) is 0 Å². The molecule has 0 saturated carbocycles. The van der Waals surface area contributed by atoms with Crippen LogP contribution in [-0.2, 0) is 12.0 Å². The lowest BCUT2D eigenvalue weighted by Crippen LogP contribution is -2.25. The Morgan fingerprint density at radius 2 is 2.00 bits per heavy atom. The Morgan fingerprint density at radius 1 is 1.20 bits per heavy atom. The normalized spacial score (nSPS) is 20.8. The van der Waals surface area contributed by atoms with E-state index in [9.17, 15) is 9.50 Å². The molecule has 1 aliphatic rings. The molecule has 3 rings (SSSR count). The number of hydrogen-bond donors (Lipinski definition) is 1. The molecule has 0 radical (unpaired) electrons. The third-order valence-electron chi connectivity index (χ3n) is 3.89. The van der Waals surface area contributed by atoms with Gasteiger partial charge in [0, 0.05) is 10.0 Å². The summed E-state index contributed by atoms with van der Waals surface area (Å²) in [6, 6.07) is 10.2. The van der Waals surface area contributed by atoms with Crippen LogP contribution in [0.2, 0.25) is 0 Å². The second kappa shape index (κ2) is 4.86. The molecule has 1 aliphatic carbocycles. The van der Waals surface area contributed by atoms with Crippen molar-refractivity contribution in [3.05, 3.63) is 63.4 Å². The number of rotatable bonds is 2. The van der Waals surface area contributed by atoms with E-state index in [0.717, 1.165) is 22.0 Å². The summed E-state index contributed by atoms with van der Waals surface area (Å²) >= 11 is 3.33. The van der Waals surface area contributed by atoms with Gasteiger partial charge < -0.3 is 9.84 Å². The van der Waals surface area contributed by atoms with Gasteiger partial charge in [-0.15, -0.1) is 0 Å². The molecule has 2 aromatic carbocycles. The van der Waals surface area contributed by atoms with Crippen LogP contribution >= 0.6 is 15.9 Å². The fourth-order valence-corrected chi connectivity index (χ4v) is 3.19. The average Bonchev–Trinajstić information content (AvgIpc) is 2.79. The van der Waals surface area contributed by atoms with Gasteiger partial charge in [-0.1, -0.05) is 22.0 Å². The van der Waals surface area contributed by atoms with Gasteiger partial charge in [-0.25, -0.2) is 4.39 Å². The van der Waals surface area contributed by atoms with Crippen molar-refractivity contribution in [1.29, 1.82) is 0 Å². The van der Waals surface area contributed by atoms with Crippen molar-refractivity contribution in [2.24, 2.45) is 0 Å². The van der Waals surface area contributed by atoms with E-state index >= 15 is 0 Å². The number of aliphatic hydroxyl groups is 1. The van der Waals surface area contributed by atoms with Gasteiger partial charge in [0.05, 0.1) is 7.11 Å². The van der Waals surface area contributed by atoms with E-state index < -0.39 is 11.4 Å². The molecule has 0 bridgehead atoms. The zero-order chi connectivity index (χ0) is 14.3. The van der Waals surface area contributed by atoms with Crippen molar-refractivity contribution < 1.29 is 14.2 Å². The van der Waals surface area contributed by atoms with Crippen LogP contribution in [0.25, 0.3) is 0 Å². The van der Waals surface area contributed by atoms with Crippen LogP contribution in [-0.4, -0.2) is 12.2 Å². The molecule has 1 N–H and O–H groups in total. The lowest BCUT2D eigenvalue weighted by atomic mass is 9.87. The third kappa shape index (κ3) is 2.03. The van der Waals surface area contributed by atoms with E-state index in [2.05, 4.69) is 15.9 Å². The SMILES string of the molecule is COc1ccc2c(c1)C(O)(c1cc(Br)ccc1F)CC2. The van der Waals surface area contributed by atoms with E-state index in [0.29, 0.717) is 17.7 Å². The number of aryl methyl sites for hydroxylation is 1. The van der Waals surface area contributed by atoms with Gasteiger partial charge >= 0.3 is 0 Å². The minimum Gasteiger partial charge on any atom is -0.497 e. The molecule has 104 valence electrons. The summed E-state index contributed by atoms with van der Waals surface area (Å²) in [7, 11) is 1.58. The van der Waals surface area contributed by atoms with Crippen molar-refractivity contribution in [2.75, 3.05) is 7.11 Å². The summed E-state index contributed by atoms with van der Waals surface area (Å²) in [4.78, 5) is 0. The Balaban J connectivity index is 2.18. The van der Waals surface area contributed by atoms with Crippen molar-refractivity contribution in [3.8, 4) is 5.75 Å². The monoisotopic (exact) mass is 336 g/mol. The molecule has 0 aliphatic heterocycles. The third-order valence-corrected chi connectivity index (χ3v) is 4.39. The summed E-state index contributed by atoms with van der Waals surface area (Å²) in [6.07, 6.45) is 1.20. The Morgan fingerprint density at radius 3 is 2.75 bits per heavy atom. The van der Waals surface area contributed by atoms with Gasteiger partial charge in [-0.2, -0.15) is 0 Å². The van der Waals surface area contributed by atoms with E-state index in [4.69, 9.17) is 4.74 Å². The smallest absolute Gasteiger partial charge is 0.129 e. The minimum absolute atomic E-state index is 0.305. The number of hydrogen-bond acceptors (Lipinski definition) is 2. The van der Waals surface area contributed by atoms with Gasteiger partial charge in [0.1, 0.15) is 17.2 Å². The summed E-state index contributed by atoms with van der Waals surface area (Å²) in [5, 5.41) is 11.0. The second-order valence-corrected chi connectivity index (χ2v) is 5.92. The summed E-state index contributed by atoms with van der Waals surface area (Å²) in [6.45, 7) is 0. The number of methoxy groups -OCH3 is 1. The molecular formula is C16H14BrFO2. The molecule has 0 fully saturated rings. The van der Waals surface area contributed by atoms with E-state index in [1.807, 2.05) is 12.1 Å². The van der Waals surface area contributed by atoms with Crippen LogP contribution in [0.4, 0.5) is 4.39 Å². The van der Waals surface area contributed by atoms with Gasteiger partial charge in [0.2, 0.25) is 0 Å². The molecule has 1 unspecified atom stereocenters. The quantitative estimate of drug-likeness (QED) is 0.904. The highest BCUT2D eigenvalue weighted by molar-refractivity contribution is 9.10. The first-order valence-corrected chi connectivity index (χ1v) is 7.19.